The van der Waals surface area contributed by atoms with Crippen molar-refractivity contribution in [3.8, 4) is 11.5 Å². The number of ether oxygens (including phenoxy) is 2. The van der Waals surface area contributed by atoms with Crippen molar-refractivity contribution in [1.29, 1.82) is 0 Å². The highest BCUT2D eigenvalue weighted by atomic mass is 35.5. The topological polar surface area (TPSA) is 30.5 Å². The van der Waals surface area contributed by atoms with Crippen LogP contribution in [0.25, 0.3) is 0 Å². The molecule has 0 aliphatic rings. The molecule has 0 atom stereocenters. The molecule has 0 saturated heterocycles. The van der Waals surface area contributed by atoms with Crippen LogP contribution in [0, 0.1) is 5.92 Å². The molecule has 0 amide bonds. The maximum Gasteiger partial charge on any atom is 0.180 e. The minimum absolute atomic E-state index is 0.377. The van der Waals surface area contributed by atoms with Crippen molar-refractivity contribution in [2.24, 2.45) is 5.92 Å². The quantitative estimate of drug-likeness (QED) is 0.684. The van der Waals surface area contributed by atoms with E-state index in [9.17, 15) is 0 Å². The summed E-state index contributed by atoms with van der Waals surface area (Å²) in [4.78, 5) is 0. The Morgan fingerprint density at radius 1 is 1.08 bits per heavy atom. The molecule has 0 spiro atoms. The van der Waals surface area contributed by atoms with Crippen molar-refractivity contribution in [3.63, 3.8) is 0 Å². The Bertz CT molecular complexity index is 674. The molecule has 0 aliphatic carbocycles. The fourth-order valence-corrected chi connectivity index (χ4v) is 2.80. The summed E-state index contributed by atoms with van der Waals surface area (Å²) in [5.41, 5.74) is 2.04. The predicted molar refractivity (Wildman–Crippen MR) is 100 cm³/mol. The van der Waals surface area contributed by atoms with Gasteiger partial charge >= 0.3 is 0 Å². The molecule has 2 rings (SSSR count). The molecule has 0 aromatic heterocycles. The minimum Gasteiger partial charge on any atom is -0.493 e. The Kier molecular flexibility index (Phi) is 7.22. The van der Waals surface area contributed by atoms with Crippen LogP contribution in [0.4, 0.5) is 0 Å². The predicted octanol–water partition coefficient (Wildman–Crippen LogP) is 5.33. The highest BCUT2D eigenvalue weighted by Gasteiger charge is 2.12. The molecule has 2 aromatic carbocycles. The van der Waals surface area contributed by atoms with E-state index in [0.29, 0.717) is 34.1 Å². The zero-order valence-corrected chi connectivity index (χ0v) is 15.7. The van der Waals surface area contributed by atoms with Gasteiger partial charge in [-0.15, -0.1) is 0 Å². The van der Waals surface area contributed by atoms with E-state index in [4.69, 9.17) is 32.7 Å². The molecule has 0 heterocycles. The Morgan fingerprint density at radius 2 is 1.88 bits per heavy atom. The number of rotatable bonds is 8. The summed E-state index contributed by atoms with van der Waals surface area (Å²) >= 11 is 12.4. The van der Waals surface area contributed by atoms with E-state index >= 15 is 0 Å². The lowest BCUT2D eigenvalue weighted by Crippen LogP contribution is -2.19. The lowest BCUT2D eigenvalue weighted by molar-refractivity contribution is 0.284. The molecular weight excluding hydrogens is 345 g/mol. The van der Waals surface area contributed by atoms with E-state index in [1.165, 1.54) is 0 Å². The standard InChI is InChI=1S/C19H23Cl2NO2/c1-13(2)10-22-11-15-8-17(21)19(18(9-15)23-3)24-12-14-5-4-6-16(20)7-14/h4-9,13,22H,10-12H2,1-3H3. The molecular formula is C19H23Cl2NO2. The maximum atomic E-state index is 6.39. The average Bonchev–Trinajstić information content (AvgIpc) is 2.53. The number of hydrogen-bond acceptors (Lipinski definition) is 3. The Morgan fingerprint density at radius 3 is 2.54 bits per heavy atom. The summed E-state index contributed by atoms with van der Waals surface area (Å²) in [6.07, 6.45) is 0. The van der Waals surface area contributed by atoms with Gasteiger partial charge in [0, 0.05) is 11.6 Å². The maximum absolute atomic E-state index is 6.39. The number of halogens is 2. The van der Waals surface area contributed by atoms with Gasteiger partial charge in [-0.25, -0.2) is 0 Å². The molecule has 0 bridgehead atoms. The highest BCUT2D eigenvalue weighted by molar-refractivity contribution is 6.32. The first-order valence-corrected chi connectivity index (χ1v) is 8.69. The Labute approximate surface area is 153 Å². The first-order valence-electron chi connectivity index (χ1n) is 7.94. The fraction of sp³-hybridized carbons (Fsp3) is 0.368. The van der Waals surface area contributed by atoms with Gasteiger partial charge in [-0.3, -0.25) is 0 Å². The van der Waals surface area contributed by atoms with E-state index in [-0.39, 0.29) is 0 Å². The zero-order chi connectivity index (χ0) is 17.5. The molecule has 0 saturated carbocycles. The van der Waals surface area contributed by atoms with Crippen LogP contribution < -0.4 is 14.8 Å². The normalized spacial score (nSPS) is 10.9. The summed E-state index contributed by atoms with van der Waals surface area (Å²) < 4.78 is 11.3. The second kappa shape index (κ2) is 9.16. The Hall–Kier alpha value is -1.42. The summed E-state index contributed by atoms with van der Waals surface area (Å²) in [7, 11) is 1.61. The molecule has 130 valence electrons. The van der Waals surface area contributed by atoms with Crippen molar-refractivity contribution >= 4 is 23.2 Å². The van der Waals surface area contributed by atoms with Gasteiger partial charge in [0.1, 0.15) is 6.61 Å². The third kappa shape index (κ3) is 5.59. The number of benzene rings is 2. The molecule has 24 heavy (non-hydrogen) atoms. The van der Waals surface area contributed by atoms with Crippen LogP contribution >= 0.6 is 23.2 Å². The van der Waals surface area contributed by atoms with Crippen LogP contribution in [0.15, 0.2) is 36.4 Å². The molecule has 3 nitrogen and oxygen atoms in total. The van der Waals surface area contributed by atoms with Crippen LogP contribution in [0.1, 0.15) is 25.0 Å². The van der Waals surface area contributed by atoms with Gasteiger partial charge in [-0.1, -0.05) is 49.2 Å². The summed E-state index contributed by atoms with van der Waals surface area (Å²) in [6.45, 7) is 6.41. The van der Waals surface area contributed by atoms with Crippen LogP contribution in [-0.4, -0.2) is 13.7 Å². The van der Waals surface area contributed by atoms with E-state index in [1.54, 1.807) is 7.11 Å². The second-order valence-corrected chi connectivity index (χ2v) is 6.90. The van der Waals surface area contributed by atoms with Gasteiger partial charge in [0.15, 0.2) is 11.5 Å². The van der Waals surface area contributed by atoms with Crippen LogP contribution in [0.5, 0.6) is 11.5 Å². The Balaban J connectivity index is 2.09. The SMILES string of the molecule is COc1cc(CNCC(C)C)cc(Cl)c1OCc1cccc(Cl)c1. The number of hydrogen-bond donors (Lipinski definition) is 1. The van der Waals surface area contributed by atoms with Crippen molar-refractivity contribution < 1.29 is 9.47 Å². The van der Waals surface area contributed by atoms with Crippen molar-refractivity contribution in [2.75, 3.05) is 13.7 Å². The van der Waals surface area contributed by atoms with E-state index in [0.717, 1.165) is 24.2 Å². The van der Waals surface area contributed by atoms with Gasteiger partial charge in [0.25, 0.3) is 0 Å². The highest BCUT2D eigenvalue weighted by Crippen LogP contribution is 2.37. The monoisotopic (exact) mass is 367 g/mol. The molecule has 2 aromatic rings. The van der Waals surface area contributed by atoms with Gasteiger partial charge in [0.05, 0.1) is 12.1 Å². The third-order valence-corrected chi connectivity index (χ3v) is 3.96. The van der Waals surface area contributed by atoms with Gasteiger partial charge < -0.3 is 14.8 Å². The van der Waals surface area contributed by atoms with Crippen molar-refractivity contribution in [1.82, 2.24) is 5.32 Å². The van der Waals surface area contributed by atoms with Crippen molar-refractivity contribution in [3.05, 3.63) is 57.6 Å². The molecule has 0 unspecified atom stereocenters. The third-order valence-electron chi connectivity index (χ3n) is 3.44. The lowest BCUT2D eigenvalue weighted by Gasteiger charge is -2.15. The van der Waals surface area contributed by atoms with Gasteiger partial charge in [-0.05, 0) is 47.9 Å². The van der Waals surface area contributed by atoms with Gasteiger partial charge in [0.2, 0.25) is 0 Å². The van der Waals surface area contributed by atoms with E-state index < -0.39 is 0 Å². The largest absolute Gasteiger partial charge is 0.493 e. The molecule has 5 heteroatoms. The summed E-state index contributed by atoms with van der Waals surface area (Å²) in [5, 5.41) is 4.61. The average molecular weight is 368 g/mol. The summed E-state index contributed by atoms with van der Waals surface area (Å²) in [6, 6.07) is 11.4. The van der Waals surface area contributed by atoms with Crippen molar-refractivity contribution in [2.45, 2.75) is 27.0 Å². The van der Waals surface area contributed by atoms with E-state index in [2.05, 4.69) is 19.2 Å². The number of methoxy groups -OCH3 is 1. The van der Waals surface area contributed by atoms with Crippen LogP contribution in [-0.2, 0) is 13.2 Å². The van der Waals surface area contributed by atoms with Gasteiger partial charge in [-0.2, -0.15) is 0 Å². The number of nitrogens with one attached hydrogen (secondary N) is 1. The van der Waals surface area contributed by atoms with Crippen LogP contribution in [0.2, 0.25) is 10.0 Å². The smallest absolute Gasteiger partial charge is 0.180 e. The zero-order valence-electron chi connectivity index (χ0n) is 14.2. The molecule has 0 radical (unpaired) electrons. The first-order chi connectivity index (χ1) is 11.5. The fourth-order valence-electron chi connectivity index (χ4n) is 2.30. The second-order valence-electron chi connectivity index (χ2n) is 6.05. The lowest BCUT2D eigenvalue weighted by atomic mass is 10.1. The first kappa shape index (κ1) is 18.9. The van der Waals surface area contributed by atoms with E-state index in [1.807, 2.05) is 36.4 Å². The molecule has 0 fully saturated rings. The molecule has 1 N–H and O–H groups in total. The minimum atomic E-state index is 0.377. The summed E-state index contributed by atoms with van der Waals surface area (Å²) in [5.74, 6) is 1.78. The van der Waals surface area contributed by atoms with Crippen LogP contribution in [0.3, 0.4) is 0 Å². The molecule has 0 aliphatic heterocycles.